The van der Waals surface area contributed by atoms with Crippen LogP contribution < -0.4 is 5.73 Å². The first-order valence-corrected chi connectivity index (χ1v) is 7.01. The second kappa shape index (κ2) is 5.89. The predicted molar refractivity (Wildman–Crippen MR) is 64.8 cm³/mol. The lowest BCUT2D eigenvalue weighted by Crippen LogP contribution is -2.39. The lowest BCUT2D eigenvalue weighted by molar-refractivity contribution is -0.135. The van der Waals surface area contributed by atoms with Crippen LogP contribution in [0.1, 0.15) is 12.5 Å². The highest BCUT2D eigenvalue weighted by molar-refractivity contribution is 7.89. The molecule has 0 fully saturated rings. The summed E-state index contributed by atoms with van der Waals surface area (Å²) in [5.74, 6) is 0. The summed E-state index contributed by atoms with van der Waals surface area (Å²) >= 11 is 0. The quantitative estimate of drug-likeness (QED) is 0.900. The minimum atomic E-state index is -4.58. The first kappa shape index (κ1) is 15.9. The fourth-order valence-electron chi connectivity index (χ4n) is 1.63. The van der Waals surface area contributed by atoms with Gasteiger partial charge in [0.1, 0.15) is 6.54 Å². The van der Waals surface area contributed by atoms with E-state index in [1.54, 1.807) is 6.07 Å². The first-order valence-electron chi connectivity index (χ1n) is 5.57. The summed E-state index contributed by atoms with van der Waals surface area (Å²) in [6, 6.07) is 5.78. The summed E-state index contributed by atoms with van der Waals surface area (Å²) in [5.41, 5.74) is 5.71. The molecule has 0 amide bonds. The smallest absolute Gasteiger partial charge is 0.326 e. The number of hydrogen-bond donors (Lipinski definition) is 1. The van der Waals surface area contributed by atoms with Crippen molar-refractivity contribution in [1.29, 1.82) is 0 Å². The molecule has 0 radical (unpaired) electrons. The molecule has 2 N–H and O–H groups in total. The van der Waals surface area contributed by atoms with Crippen LogP contribution in [0.4, 0.5) is 13.2 Å². The standard InChI is InChI=1S/C11H15F3N2O2S/c1-2-16(8-11(12,13)14)19(17,18)10-6-4-3-5-9(10)7-15/h3-6H,2,7-8,15H2,1H3. The van der Waals surface area contributed by atoms with Crippen molar-refractivity contribution in [3.63, 3.8) is 0 Å². The summed E-state index contributed by atoms with van der Waals surface area (Å²) in [4.78, 5) is -0.177. The predicted octanol–water partition coefficient (Wildman–Crippen LogP) is 1.72. The summed E-state index contributed by atoms with van der Waals surface area (Å²) < 4.78 is 61.9. The van der Waals surface area contributed by atoms with Gasteiger partial charge in [-0.05, 0) is 11.6 Å². The van der Waals surface area contributed by atoms with E-state index in [1.165, 1.54) is 25.1 Å². The van der Waals surface area contributed by atoms with Gasteiger partial charge in [0.25, 0.3) is 0 Å². The zero-order valence-electron chi connectivity index (χ0n) is 10.3. The second-order valence-electron chi connectivity index (χ2n) is 3.86. The van der Waals surface area contributed by atoms with E-state index in [1.807, 2.05) is 0 Å². The van der Waals surface area contributed by atoms with Gasteiger partial charge in [0.15, 0.2) is 0 Å². The molecular formula is C11H15F3N2O2S. The number of alkyl halides is 3. The molecule has 1 aromatic carbocycles. The van der Waals surface area contributed by atoms with Crippen LogP contribution in [0.2, 0.25) is 0 Å². The number of rotatable bonds is 5. The van der Waals surface area contributed by atoms with Crippen LogP contribution in [0, 0.1) is 0 Å². The number of sulfonamides is 1. The minimum absolute atomic E-state index is 0.0566. The molecule has 1 aromatic rings. The monoisotopic (exact) mass is 296 g/mol. The van der Waals surface area contributed by atoms with E-state index in [0.717, 1.165) is 0 Å². The molecule has 0 aliphatic rings. The van der Waals surface area contributed by atoms with Crippen LogP contribution in [-0.4, -0.2) is 32.0 Å². The van der Waals surface area contributed by atoms with Crippen LogP contribution in [0.3, 0.4) is 0 Å². The molecule has 0 bridgehead atoms. The zero-order valence-corrected chi connectivity index (χ0v) is 11.1. The van der Waals surface area contributed by atoms with E-state index < -0.39 is 22.7 Å². The summed E-state index contributed by atoms with van der Waals surface area (Å²) in [5, 5.41) is 0. The Morgan fingerprint density at radius 3 is 2.32 bits per heavy atom. The molecule has 0 spiro atoms. The second-order valence-corrected chi connectivity index (χ2v) is 5.76. The normalized spacial score (nSPS) is 12.9. The molecule has 19 heavy (non-hydrogen) atoms. The fraction of sp³-hybridized carbons (Fsp3) is 0.455. The number of benzene rings is 1. The third-order valence-corrected chi connectivity index (χ3v) is 4.54. The Labute approximate surface area is 110 Å². The van der Waals surface area contributed by atoms with Crippen molar-refractivity contribution < 1.29 is 21.6 Å². The minimum Gasteiger partial charge on any atom is -0.326 e. The number of nitrogens with zero attached hydrogens (tertiary/aromatic N) is 1. The van der Waals surface area contributed by atoms with Crippen LogP contribution in [0.5, 0.6) is 0 Å². The molecule has 0 unspecified atom stereocenters. The molecule has 8 heteroatoms. The maximum atomic E-state index is 12.4. The zero-order chi connectivity index (χ0) is 14.7. The molecule has 0 atom stereocenters. The maximum Gasteiger partial charge on any atom is 0.402 e. The van der Waals surface area contributed by atoms with Crippen molar-refractivity contribution in [2.45, 2.75) is 24.5 Å². The largest absolute Gasteiger partial charge is 0.402 e. The van der Waals surface area contributed by atoms with Gasteiger partial charge in [-0.2, -0.15) is 17.5 Å². The van der Waals surface area contributed by atoms with Gasteiger partial charge in [-0.25, -0.2) is 8.42 Å². The summed E-state index contributed by atoms with van der Waals surface area (Å²) in [6.07, 6.45) is -4.58. The van der Waals surface area contributed by atoms with Crippen LogP contribution in [0.15, 0.2) is 29.2 Å². The van der Waals surface area contributed by atoms with Crippen molar-refractivity contribution in [3.8, 4) is 0 Å². The van der Waals surface area contributed by atoms with Gasteiger partial charge in [0.2, 0.25) is 10.0 Å². The molecule has 4 nitrogen and oxygen atoms in total. The molecule has 0 heterocycles. The van der Waals surface area contributed by atoms with E-state index in [4.69, 9.17) is 5.73 Å². The Bertz CT molecular complexity index is 529. The lowest BCUT2D eigenvalue weighted by atomic mass is 10.2. The summed E-state index contributed by atoms with van der Waals surface area (Å²) in [7, 11) is -4.19. The van der Waals surface area contributed by atoms with Gasteiger partial charge in [0, 0.05) is 13.1 Å². The molecule has 0 aliphatic carbocycles. The van der Waals surface area contributed by atoms with E-state index in [0.29, 0.717) is 9.87 Å². The number of hydrogen-bond acceptors (Lipinski definition) is 3. The van der Waals surface area contributed by atoms with Crippen molar-refractivity contribution >= 4 is 10.0 Å². The van der Waals surface area contributed by atoms with Gasteiger partial charge < -0.3 is 5.73 Å². The van der Waals surface area contributed by atoms with E-state index >= 15 is 0 Å². The Morgan fingerprint density at radius 1 is 1.26 bits per heavy atom. The highest BCUT2D eigenvalue weighted by atomic mass is 32.2. The Kier molecular flexibility index (Phi) is 4.94. The molecule has 0 saturated heterocycles. The molecule has 0 saturated carbocycles. The number of nitrogens with two attached hydrogens (primary N) is 1. The van der Waals surface area contributed by atoms with Gasteiger partial charge in [-0.1, -0.05) is 25.1 Å². The highest BCUT2D eigenvalue weighted by Gasteiger charge is 2.36. The van der Waals surface area contributed by atoms with E-state index in [2.05, 4.69) is 0 Å². The third-order valence-electron chi connectivity index (χ3n) is 2.52. The molecule has 1 rings (SSSR count). The third kappa shape index (κ3) is 3.92. The Morgan fingerprint density at radius 2 is 1.84 bits per heavy atom. The average molecular weight is 296 g/mol. The van der Waals surface area contributed by atoms with Crippen LogP contribution in [-0.2, 0) is 16.6 Å². The van der Waals surface area contributed by atoms with Crippen LogP contribution in [0.25, 0.3) is 0 Å². The topological polar surface area (TPSA) is 63.4 Å². The van der Waals surface area contributed by atoms with E-state index in [-0.39, 0.29) is 18.0 Å². The molecular weight excluding hydrogens is 281 g/mol. The van der Waals surface area contributed by atoms with E-state index in [9.17, 15) is 21.6 Å². The molecule has 0 aliphatic heterocycles. The Balaban J connectivity index is 3.21. The SMILES string of the molecule is CCN(CC(F)(F)F)S(=O)(=O)c1ccccc1CN. The van der Waals surface area contributed by atoms with Gasteiger partial charge in [-0.3, -0.25) is 0 Å². The summed E-state index contributed by atoms with van der Waals surface area (Å²) in [6.45, 7) is -0.473. The molecule has 108 valence electrons. The van der Waals surface area contributed by atoms with Gasteiger partial charge in [-0.15, -0.1) is 0 Å². The highest BCUT2D eigenvalue weighted by Crippen LogP contribution is 2.24. The van der Waals surface area contributed by atoms with Crippen molar-refractivity contribution in [2.75, 3.05) is 13.1 Å². The van der Waals surface area contributed by atoms with Crippen LogP contribution >= 0.6 is 0 Å². The number of halogens is 3. The van der Waals surface area contributed by atoms with Crippen molar-refractivity contribution in [1.82, 2.24) is 4.31 Å². The van der Waals surface area contributed by atoms with Gasteiger partial charge in [0.05, 0.1) is 4.90 Å². The first-order chi connectivity index (χ1) is 8.72. The maximum absolute atomic E-state index is 12.4. The Hall–Kier alpha value is -1.12. The fourth-order valence-corrected chi connectivity index (χ4v) is 3.30. The van der Waals surface area contributed by atoms with Crippen molar-refractivity contribution in [3.05, 3.63) is 29.8 Å². The van der Waals surface area contributed by atoms with Gasteiger partial charge >= 0.3 is 6.18 Å². The average Bonchev–Trinajstić information content (AvgIpc) is 2.34. The lowest BCUT2D eigenvalue weighted by Gasteiger charge is -2.23. The molecule has 0 aromatic heterocycles. The van der Waals surface area contributed by atoms with Crippen molar-refractivity contribution in [2.24, 2.45) is 5.73 Å².